The zero-order chi connectivity index (χ0) is 13.8. The third-order valence-electron chi connectivity index (χ3n) is 3.39. The van der Waals surface area contributed by atoms with Crippen molar-refractivity contribution in [3.8, 4) is 0 Å². The fraction of sp³-hybridized carbons (Fsp3) is 0.714. The molecule has 0 aromatic rings. The summed E-state index contributed by atoms with van der Waals surface area (Å²) in [4.78, 5) is 27.2. The second-order valence-corrected chi connectivity index (χ2v) is 5.71. The summed E-state index contributed by atoms with van der Waals surface area (Å²) in [6, 6.07) is 0. The van der Waals surface area contributed by atoms with Gasteiger partial charge >= 0.3 is 0 Å². The van der Waals surface area contributed by atoms with E-state index in [2.05, 4.69) is 32.3 Å². The van der Waals surface area contributed by atoms with Gasteiger partial charge in [-0.15, -0.1) is 0 Å². The molecule has 1 amide bonds. The van der Waals surface area contributed by atoms with E-state index < -0.39 is 0 Å². The predicted molar refractivity (Wildman–Crippen MR) is 72.3 cm³/mol. The lowest BCUT2D eigenvalue weighted by atomic mass is 10.0. The SMILES string of the molecule is C=CC(=O)CCC(=O)N1CCN(C(C)(C)C)CC1. The van der Waals surface area contributed by atoms with Crippen molar-refractivity contribution < 1.29 is 9.59 Å². The van der Waals surface area contributed by atoms with Crippen LogP contribution in [0.4, 0.5) is 0 Å². The molecule has 0 aromatic heterocycles. The molecule has 1 fully saturated rings. The number of hydrogen-bond acceptors (Lipinski definition) is 3. The maximum Gasteiger partial charge on any atom is 0.223 e. The van der Waals surface area contributed by atoms with Gasteiger partial charge in [-0.05, 0) is 26.8 Å². The number of allylic oxidation sites excluding steroid dienone is 1. The van der Waals surface area contributed by atoms with Crippen LogP contribution in [-0.2, 0) is 9.59 Å². The zero-order valence-electron chi connectivity index (χ0n) is 11.7. The third kappa shape index (κ3) is 4.26. The highest BCUT2D eigenvalue weighted by Gasteiger charge is 2.27. The van der Waals surface area contributed by atoms with E-state index in [1.165, 1.54) is 6.08 Å². The van der Waals surface area contributed by atoms with Crippen LogP contribution in [0.15, 0.2) is 12.7 Å². The Morgan fingerprint density at radius 3 is 2.11 bits per heavy atom. The van der Waals surface area contributed by atoms with Crippen LogP contribution in [0.5, 0.6) is 0 Å². The highest BCUT2D eigenvalue weighted by atomic mass is 16.2. The van der Waals surface area contributed by atoms with Gasteiger partial charge in [0, 0.05) is 44.6 Å². The molecular weight excluding hydrogens is 228 g/mol. The van der Waals surface area contributed by atoms with Crippen LogP contribution in [0, 0.1) is 0 Å². The molecule has 0 unspecified atom stereocenters. The number of carbonyl (C=O) groups excluding carboxylic acids is 2. The van der Waals surface area contributed by atoms with Crippen molar-refractivity contribution in [3.63, 3.8) is 0 Å². The topological polar surface area (TPSA) is 40.6 Å². The fourth-order valence-electron chi connectivity index (χ4n) is 2.12. The first-order valence-corrected chi connectivity index (χ1v) is 6.52. The van der Waals surface area contributed by atoms with Crippen LogP contribution >= 0.6 is 0 Å². The van der Waals surface area contributed by atoms with Crippen LogP contribution in [0.3, 0.4) is 0 Å². The van der Waals surface area contributed by atoms with Crippen molar-refractivity contribution in [3.05, 3.63) is 12.7 Å². The minimum Gasteiger partial charge on any atom is -0.340 e. The fourth-order valence-corrected chi connectivity index (χ4v) is 2.12. The molecule has 0 spiro atoms. The number of hydrogen-bond donors (Lipinski definition) is 0. The van der Waals surface area contributed by atoms with E-state index >= 15 is 0 Å². The summed E-state index contributed by atoms with van der Waals surface area (Å²) in [5.74, 6) is 0.0236. The molecule has 1 aliphatic heterocycles. The molecule has 0 aromatic carbocycles. The third-order valence-corrected chi connectivity index (χ3v) is 3.39. The molecular formula is C14H24N2O2. The zero-order valence-corrected chi connectivity index (χ0v) is 11.7. The van der Waals surface area contributed by atoms with Crippen molar-refractivity contribution in [2.75, 3.05) is 26.2 Å². The molecule has 18 heavy (non-hydrogen) atoms. The van der Waals surface area contributed by atoms with Crippen LogP contribution in [0.2, 0.25) is 0 Å². The summed E-state index contributed by atoms with van der Waals surface area (Å²) in [6.07, 6.45) is 1.87. The number of piperazine rings is 1. The van der Waals surface area contributed by atoms with Gasteiger partial charge in [-0.3, -0.25) is 14.5 Å². The minimum atomic E-state index is -0.0586. The molecule has 0 bridgehead atoms. The Morgan fingerprint density at radius 2 is 1.67 bits per heavy atom. The van der Waals surface area contributed by atoms with E-state index in [-0.39, 0.29) is 23.7 Å². The van der Waals surface area contributed by atoms with Crippen molar-refractivity contribution in [2.24, 2.45) is 0 Å². The number of ketones is 1. The Morgan fingerprint density at radius 1 is 1.11 bits per heavy atom. The summed E-state index contributed by atoms with van der Waals surface area (Å²) in [5, 5.41) is 0. The van der Waals surface area contributed by atoms with E-state index in [9.17, 15) is 9.59 Å². The Kier molecular flexibility index (Phi) is 5.08. The smallest absolute Gasteiger partial charge is 0.223 e. The molecule has 4 heteroatoms. The molecule has 1 rings (SSSR count). The number of carbonyl (C=O) groups is 2. The maximum atomic E-state index is 11.9. The highest BCUT2D eigenvalue weighted by molar-refractivity contribution is 5.92. The monoisotopic (exact) mass is 252 g/mol. The molecule has 1 saturated heterocycles. The Labute approximate surface area is 110 Å². The van der Waals surface area contributed by atoms with E-state index in [0.29, 0.717) is 6.42 Å². The van der Waals surface area contributed by atoms with E-state index in [4.69, 9.17) is 0 Å². The first kappa shape index (κ1) is 14.9. The van der Waals surface area contributed by atoms with Gasteiger partial charge in [-0.25, -0.2) is 0 Å². The Balaban J connectivity index is 2.36. The minimum absolute atomic E-state index is 0.0586. The van der Waals surface area contributed by atoms with Gasteiger partial charge < -0.3 is 4.90 Å². The van der Waals surface area contributed by atoms with Crippen molar-refractivity contribution in [2.45, 2.75) is 39.2 Å². The normalized spacial score (nSPS) is 17.6. The van der Waals surface area contributed by atoms with Crippen LogP contribution in [0.25, 0.3) is 0 Å². The molecule has 4 nitrogen and oxygen atoms in total. The van der Waals surface area contributed by atoms with Crippen molar-refractivity contribution >= 4 is 11.7 Å². The summed E-state index contributed by atoms with van der Waals surface area (Å²) < 4.78 is 0. The van der Waals surface area contributed by atoms with Gasteiger partial charge in [-0.1, -0.05) is 6.58 Å². The second-order valence-electron chi connectivity index (χ2n) is 5.71. The average Bonchev–Trinajstić information content (AvgIpc) is 2.34. The van der Waals surface area contributed by atoms with Crippen molar-refractivity contribution in [1.29, 1.82) is 0 Å². The van der Waals surface area contributed by atoms with Crippen LogP contribution < -0.4 is 0 Å². The number of rotatable bonds is 4. The van der Waals surface area contributed by atoms with Crippen LogP contribution in [-0.4, -0.2) is 53.2 Å². The van der Waals surface area contributed by atoms with Gasteiger partial charge in [0.05, 0.1) is 0 Å². The second kappa shape index (κ2) is 6.14. The molecule has 1 heterocycles. The predicted octanol–water partition coefficient (Wildman–Crippen LogP) is 1.46. The number of amides is 1. The van der Waals surface area contributed by atoms with Gasteiger partial charge in [0.15, 0.2) is 5.78 Å². The van der Waals surface area contributed by atoms with Gasteiger partial charge in [0.1, 0.15) is 0 Å². The van der Waals surface area contributed by atoms with Gasteiger partial charge in [0.25, 0.3) is 0 Å². The summed E-state index contributed by atoms with van der Waals surface area (Å²) in [5.41, 5.74) is 0.161. The lowest BCUT2D eigenvalue weighted by Gasteiger charge is -2.42. The standard InChI is InChI=1S/C14H24N2O2/c1-5-12(17)6-7-13(18)15-8-10-16(11-9-15)14(2,3)4/h5H,1,6-11H2,2-4H3. The average molecular weight is 252 g/mol. The summed E-state index contributed by atoms with van der Waals surface area (Å²) in [7, 11) is 0. The number of nitrogens with zero attached hydrogens (tertiary/aromatic N) is 2. The lowest BCUT2D eigenvalue weighted by Crippen LogP contribution is -2.54. The molecule has 0 aliphatic carbocycles. The van der Waals surface area contributed by atoms with E-state index in [1.807, 2.05) is 4.90 Å². The molecule has 0 N–H and O–H groups in total. The molecule has 0 radical (unpaired) electrons. The summed E-state index contributed by atoms with van der Waals surface area (Å²) >= 11 is 0. The quantitative estimate of drug-likeness (QED) is 0.711. The molecule has 1 aliphatic rings. The maximum absolute atomic E-state index is 11.9. The van der Waals surface area contributed by atoms with E-state index in [0.717, 1.165) is 26.2 Å². The largest absolute Gasteiger partial charge is 0.340 e. The Bertz CT molecular complexity index is 323. The lowest BCUT2D eigenvalue weighted by molar-refractivity contribution is -0.135. The summed E-state index contributed by atoms with van der Waals surface area (Å²) in [6.45, 7) is 13.3. The molecule has 0 atom stereocenters. The van der Waals surface area contributed by atoms with Gasteiger partial charge in [0.2, 0.25) is 5.91 Å². The van der Waals surface area contributed by atoms with Gasteiger partial charge in [-0.2, -0.15) is 0 Å². The Hall–Kier alpha value is -1.16. The molecule has 102 valence electrons. The van der Waals surface area contributed by atoms with Crippen LogP contribution in [0.1, 0.15) is 33.6 Å². The first-order valence-electron chi connectivity index (χ1n) is 6.52. The molecule has 0 saturated carbocycles. The van der Waals surface area contributed by atoms with E-state index in [1.54, 1.807) is 0 Å². The highest BCUT2D eigenvalue weighted by Crippen LogP contribution is 2.16. The first-order chi connectivity index (χ1) is 8.34. The van der Waals surface area contributed by atoms with Crippen molar-refractivity contribution in [1.82, 2.24) is 9.80 Å².